The number of carbonyl (C=O) groups is 2. The Morgan fingerprint density at radius 3 is 2.32 bits per heavy atom. The maximum atomic E-state index is 13.3. The van der Waals surface area contributed by atoms with E-state index < -0.39 is 21.8 Å². The third kappa shape index (κ3) is 3.33. The van der Waals surface area contributed by atoms with E-state index >= 15 is 0 Å². The van der Waals surface area contributed by atoms with Gasteiger partial charge in [0.25, 0.3) is 11.8 Å². The van der Waals surface area contributed by atoms with Gasteiger partial charge in [-0.05, 0) is 54.7 Å². The highest BCUT2D eigenvalue weighted by atomic mass is 32.2. The molecule has 0 aromatic heterocycles. The highest BCUT2D eigenvalue weighted by molar-refractivity contribution is 7.89. The number of fused-ring (bicyclic) bond motifs is 1. The zero-order chi connectivity index (χ0) is 20.1. The van der Waals surface area contributed by atoms with Crippen LogP contribution >= 0.6 is 0 Å². The summed E-state index contributed by atoms with van der Waals surface area (Å²) in [5.74, 6) is -1.03. The molecule has 28 heavy (non-hydrogen) atoms. The van der Waals surface area contributed by atoms with Crippen LogP contribution in [0.1, 0.15) is 39.1 Å². The molecule has 2 aliphatic rings. The van der Waals surface area contributed by atoms with Crippen LogP contribution in [0.25, 0.3) is 0 Å². The summed E-state index contributed by atoms with van der Waals surface area (Å²) in [4.78, 5) is 25.2. The molecule has 0 N–H and O–H groups in total. The van der Waals surface area contributed by atoms with Crippen molar-refractivity contribution in [2.75, 3.05) is 13.6 Å². The molecule has 0 spiro atoms. The Hall–Kier alpha value is -2.58. The average Bonchev–Trinajstić information content (AvgIpc) is 3.47. The van der Waals surface area contributed by atoms with Crippen LogP contribution in [0.5, 0.6) is 0 Å². The molecule has 0 bridgehead atoms. The molecule has 0 unspecified atom stereocenters. The van der Waals surface area contributed by atoms with Crippen molar-refractivity contribution in [1.82, 2.24) is 9.21 Å². The van der Waals surface area contributed by atoms with Crippen molar-refractivity contribution < 1.29 is 22.4 Å². The highest BCUT2D eigenvalue weighted by Crippen LogP contribution is 2.33. The summed E-state index contributed by atoms with van der Waals surface area (Å²) in [7, 11) is -2.52. The van der Waals surface area contributed by atoms with Crippen molar-refractivity contribution in [3.05, 3.63) is 65.0 Å². The van der Waals surface area contributed by atoms with E-state index in [1.54, 1.807) is 12.1 Å². The molecule has 2 aromatic rings. The first-order chi connectivity index (χ1) is 13.3. The topological polar surface area (TPSA) is 74.8 Å². The number of hydrogen-bond donors (Lipinski definition) is 0. The molecule has 0 saturated heterocycles. The average molecular weight is 402 g/mol. The minimum Gasteiger partial charge on any atom is -0.277 e. The van der Waals surface area contributed by atoms with Gasteiger partial charge < -0.3 is 0 Å². The summed E-state index contributed by atoms with van der Waals surface area (Å²) in [5.41, 5.74) is 0.984. The lowest BCUT2D eigenvalue weighted by atomic mass is 10.1. The molecule has 1 saturated carbocycles. The van der Waals surface area contributed by atoms with E-state index in [9.17, 15) is 22.4 Å². The molecule has 0 atom stereocenters. The SMILES string of the molecule is CN1C(=O)c2ccc(S(=O)(=O)N(Cc3ccc(F)cc3)CC3CC3)cc2C1=O. The van der Waals surface area contributed by atoms with Gasteiger partial charge in [-0.15, -0.1) is 0 Å². The number of nitrogens with zero attached hydrogens (tertiary/aromatic N) is 2. The molecule has 8 heteroatoms. The second kappa shape index (κ2) is 6.79. The minimum absolute atomic E-state index is 0.0227. The van der Waals surface area contributed by atoms with E-state index in [1.165, 1.54) is 41.7 Å². The van der Waals surface area contributed by atoms with E-state index in [0.29, 0.717) is 18.0 Å². The van der Waals surface area contributed by atoms with E-state index in [4.69, 9.17) is 0 Å². The van der Waals surface area contributed by atoms with E-state index in [-0.39, 0.29) is 28.4 Å². The Bertz CT molecular complexity index is 1060. The molecular weight excluding hydrogens is 383 g/mol. The molecule has 4 rings (SSSR count). The molecule has 1 aliphatic carbocycles. The van der Waals surface area contributed by atoms with Gasteiger partial charge in [0.05, 0.1) is 16.0 Å². The fourth-order valence-electron chi connectivity index (χ4n) is 3.28. The summed E-state index contributed by atoms with van der Waals surface area (Å²) in [6, 6.07) is 9.75. The first-order valence-corrected chi connectivity index (χ1v) is 10.4. The molecule has 1 aliphatic heterocycles. The zero-order valence-electron chi connectivity index (χ0n) is 15.3. The number of benzene rings is 2. The lowest BCUT2D eigenvalue weighted by Gasteiger charge is -2.22. The lowest BCUT2D eigenvalue weighted by Crippen LogP contribution is -2.32. The number of hydrogen-bond acceptors (Lipinski definition) is 4. The molecule has 0 radical (unpaired) electrons. The van der Waals surface area contributed by atoms with E-state index in [0.717, 1.165) is 17.7 Å². The molecular formula is C20H19FN2O4S. The molecule has 2 amide bonds. The molecule has 1 fully saturated rings. The van der Waals surface area contributed by atoms with Crippen LogP contribution in [0.2, 0.25) is 0 Å². The zero-order valence-corrected chi connectivity index (χ0v) is 16.1. The van der Waals surface area contributed by atoms with E-state index in [1.807, 2.05) is 0 Å². The standard InChI is InChI=1S/C20H19FN2O4S/c1-22-19(24)17-9-8-16(10-18(17)20(22)25)28(26,27)23(11-13-2-3-13)12-14-4-6-15(21)7-5-14/h4-10,13H,2-3,11-12H2,1H3. The lowest BCUT2D eigenvalue weighted by molar-refractivity contribution is 0.0693. The Kier molecular flexibility index (Phi) is 4.55. The van der Waals surface area contributed by atoms with Crippen LogP contribution in [-0.2, 0) is 16.6 Å². The Labute approximate surface area is 162 Å². The summed E-state index contributed by atoms with van der Waals surface area (Å²) in [6.07, 6.45) is 1.94. The Balaban J connectivity index is 1.68. The second-order valence-electron chi connectivity index (χ2n) is 7.24. The van der Waals surface area contributed by atoms with Crippen molar-refractivity contribution in [3.63, 3.8) is 0 Å². The Morgan fingerprint density at radius 2 is 1.68 bits per heavy atom. The summed E-state index contributed by atoms with van der Waals surface area (Å²) < 4.78 is 41.1. The van der Waals surface area contributed by atoms with Crippen LogP contribution < -0.4 is 0 Å². The summed E-state index contributed by atoms with van der Waals surface area (Å²) >= 11 is 0. The van der Waals surface area contributed by atoms with Crippen molar-refractivity contribution in [2.24, 2.45) is 5.92 Å². The third-order valence-electron chi connectivity index (χ3n) is 5.13. The number of sulfonamides is 1. The van der Waals surface area contributed by atoms with Gasteiger partial charge >= 0.3 is 0 Å². The fourth-order valence-corrected chi connectivity index (χ4v) is 4.81. The number of imide groups is 1. The quantitative estimate of drug-likeness (QED) is 0.697. The minimum atomic E-state index is -3.89. The number of amides is 2. The predicted octanol–water partition coefficient (Wildman–Crippen LogP) is 2.65. The number of carbonyl (C=O) groups excluding carboxylic acids is 2. The largest absolute Gasteiger partial charge is 0.277 e. The van der Waals surface area contributed by atoms with Crippen molar-refractivity contribution >= 4 is 21.8 Å². The first-order valence-electron chi connectivity index (χ1n) is 8.98. The van der Waals surface area contributed by atoms with Crippen LogP contribution in [0.15, 0.2) is 47.4 Å². The normalized spacial score (nSPS) is 16.8. The molecule has 146 valence electrons. The van der Waals surface area contributed by atoms with Crippen LogP contribution in [0.4, 0.5) is 4.39 Å². The van der Waals surface area contributed by atoms with Crippen LogP contribution in [0, 0.1) is 11.7 Å². The predicted molar refractivity (Wildman–Crippen MR) is 99.6 cm³/mol. The van der Waals surface area contributed by atoms with Crippen molar-refractivity contribution in [3.8, 4) is 0 Å². The molecule has 2 aromatic carbocycles. The van der Waals surface area contributed by atoms with Gasteiger partial charge in [0.15, 0.2) is 0 Å². The Morgan fingerprint density at radius 1 is 1.04 bits per heavy atom. The smallest absolute Gasteiger partial charge is 0.261 e. The molecule has 6 nitrogen and oxygen atoms in total. The maximum absolute atomic E-state index is 13.3. The first kappa shape index (κ1) is 18.8. The highest BCUT2D eigenvalue weighted by Gasteiger charge is 2.36. The van der Waals surface area contributed by atoms with Gasteiger partial charge in [0.2, 0.25) is 10.0 Å². The summed E-state index contributed by atoms with van der Waals surface area (Å²) in [5, 5.41) is 0. The summed E-state index contributed by atoms with van der Waals surface area (Å²) in [6.45, 7) is 0.479. The fraction of sp³-hybridized carbons (Fsp3) is 0.300. The number of rotatable bonds is 6. The third-order valence-corrected chi connectivity index (χ3v) is 6.94. The van der Waals surface area contributed by atoms with Gasteiger partial charge in [0, 0.05) is 20.1 Å². The maximum Gasteiger partial charge on any atom is 0.261 e. The van der Waals surface area contributed by atoms with Gasteiger partial charge in [-0.2, -0.15) is 4.31 Å². The van der Waals surface area contributed by atoms with E-state index in [2.05, 4.69) is 0 Å². The van der Waals surface area contributed by atoms with Crippen LogP contribution in [0.3, 0.4) is 0 Å². The van der Waals surface area contributed by atoms with Gasteiger partial charge in [0.1, 0.15) is 5.82 Å². The van der Waals surface area contributed by atoms with Crippen LogP contribution in [-0.4, -0.2) is 43.0 Å². The van der Waals surface area contributed by atoms with Gasteiger partial charge in [-0.25, -0.2) is 12.8 Å². The van der Waals surface area contributed by atoms with Crippen molar-refractivity contribution in [1.29, 1.82) is 0 Å². The monoisotopic (exact) mass is 402 g/mol. The second-order valence-corrected chi connectivity index (χ2v) is 9.18. The number of halogens is 1. The van der Waals surface area contributed by atoms with Gasteiger partial charge in [-0.3, -0.25) is 14.5 Å². The van der Waals surface area contributed by atoms with Crippen molar-refractivity contribution in [2.45, 2.75) is 24.3 Å². The molecule has 1 heterocycles. The van der Waals surface area contributed by atoms with Gasteiger partial charge in [-0.1, -0.05) is 12.1 Å².